The highest BCUT2D eigenvalue weighted by Crippen LogP contribution is 2.17. The van der Waals surface area contributed by atoms with Crippen molar-refractivity contribution in [2.75, 3.05) is 0 Å². The second kappa shape index (κ2) is 6.20. The largest absolute Gasteiger partial charge is 0.326 e. The van der Waals surface area contributed by atoms with Gasteiger partial charge in [-0.25, -0.2) is 4.98 Å². The Morgan fingerprint density at radius 3 is 2.57 bits per heavy atom. The summed E-state index contributed by atoms with van der Waals surface area (Å²) in [5.74, 6) is 1.56. The van der Waals surface area contributed by atoms with Crippen molar-refractivity contribution in [3.8, 4) is 11.4 Å². The molecular formula is C16H15BrN4. The Bertz CT molecular complexity index is 734. The average Bonchev–Trinajstić information content (AvgIpc) is 2.96. The minimum Gasteiger partial charge on any atom is -0.326 e. The van der Waals surface area contributed by atoms with E-state index in [1.54, 1.807) is 0 Å². The van der Waals surface area contributed by atoms with Crippen molar-refractivity contribution in [1.82, 2.24) is 15.2 Å². The molecule has 3 N–H and O–H groups in total. The molecule has 0 saturated heterocycles. The smallest absolute Gasteiger partial charge is 0.181 e. The molecular weight excluding hydrogens is 328 g/mol. The molecule has 0 atom stereocenters. The zero-order chi connectivity index (χ0) is 14.7. The lowest BCUT2D eigenvalue weighted by molar-refractivity contribution is 0.972. The van der Waals surface area contributed by atoms with Gasteiger partial charge in [-0.3, -0.25) is 5.10 Å². The molecule has 3 rings (SSSR count). The fraction of sp³-hybridized carbons (Fsp3) is 0.125. The number of H-pyrrole nitrogens is 1. The third-order valence-corrected chi connectivity index (χ3v) is 3.73. The molecule has 21 heavy (non-hydrogen) atoms. The SMILES string of the molecule is NCc1ccc(-c2n[nH]c(Cc3cccc(Br)c3)n2)cc1. The van der Waals surface area contributed by atoms with Crippen LogP contribution in [0.2, 0.25) is 0 Å². The quantitative estimate of drug-likeness (QED) is 0.764. The van der Waals surface area contributed by atoms with Crippen molar-refractivity contribution in [3.63, 3.8) is 0 Å². The van der Waals surface area contributed by atoms with Gasteiger partial charge in [0.25, 0.3) is 0 Å². The van der Waals surface area contributed by atoms with Crippen LogP contribution < -0.4 is 5.73 Å². The summed E-state index contributed by atoms with van der Waals surface area (Å²) in [4.78, 5) is 4.55. The summed E-state index contributed by atoms with van der Waals surface area (Å²) >= 11 is 3.47. The third-order valence-electron chi connectivity index (χ3n) is 3.24. The van der Waals surface area contributed by atoms with Crippen molar-refractivity contribution in [3.05, 3.63) is 70.0 Å². The molecule has 2 aromatic carbocycles. The van der Waals surface area contributed by atoms with Gasteiger partial charge >= 0.3 is 0 Å². The summed E-state index contributed by atoms with van der Waals surface area (Å²) in [5, 5.41) is 7.28. The van der Waals surface area contributed by atoms with Gasteiger partial charge in [0.1, 0.15) is 5.82 Å². The van der Waals surface area contributed by atoms with Crippen LogP contribution in [0, 0.1) is 0 Å². The predicted molar refractivity (Wildman–Crippen MR) is 86.7 cm³/mol. The van der Waals surface area contributed by atoms with E-state index in [9.17, 15) is 0 Å². The lowest BCUT2D eigenvalue weighted by atomic mass is 10.1. The van der Waals surface area contributed by atoms with Crippen LogP contribution >= 0.6 is 15.9 Å². The van der Waals surface area contributed by atoms with Crippen molar-refractivity contribution in [2.45, 2.75) is 13.0 Å². The first-order chi connectivity index (χ1) is 10.2. The van der Waals surface area contributed by atoms with Gasteiger partial charge in [-0.2, -0.15) is 5.10 Å². The zero-order valence-corrected chi connectivity index (χ0v) is 13.0. The van der Waals surface area contributed by atoms with Crippen molar-refractivity contribution in [2.24, 2.45) is 5.73 Å². The maximum Gasteiger partial charge on any atom is 0.181 e. The zero-order valence-electron chi connectivity index (χ0n) is 11.4. The fourth-order valence-corrected chi connectivity index (χ4v) is 2.58. The summed E-state index contributed by atoms with van der Waals surface area (Å²) < 4.78 is 1.07. The first-order valence-corrected chi connectivity index (χ1v) is 7.49. The number of hydrogen-bond acceptors (Lipinski definition) is 3. The Kier molecular flexibility index (Phi) is 4.13. The molecule has 0 radical (unpaired) electrons. The van der Waals surface area contributed by atoms with Crippen LogP contribution in [-0.4, -0.2) is 15.2 Å². The molecule has 106 valence electrons. The maximum atomic E-state index is 5.60. The van der Waals surface area contributed by atoms with Gasteiger partial charge in [-0.15, -0.1) is 0 Å². The summed E-state index contributed by atoms with van der Waals surface area (Å²) in [6.45, 7) is 0.544. The third kappa shape index (κ3) is 3.37. The molecule has 0 fully saturated rings. The van der Waals surface area contributed by atoms with Gasteiger partial charge in [-0.05, 0) is 23.3 Å². The van der Waals surface area contributed by atoms with Gasteiger partial charge in [0.2, 0.25) is 0 Å². The first kappa shape index (κ1) is 14.0. The Labute approximate surface area is 131 Å². The van der Waals surface area contributed by atoms with Crippen LogP contribution in [0.25, 0.3) is 11.4 Å². The van der Waals surface area contributed by atoms with Crippen LogP contribution in [0.4, 0.5) is 0 Å². The molecule has 1 heterocycles. The summed E-state index contributed by atoms with van der Waals surface area (Å²) in [5.41, 5.74) is 8.88. The van der Waals surface area contributed by atoms with E-state index in [-0.39, 0.29) is 0 Å². The minimum atomic E-state index is 0.544. The molecule has 4 nitrogen and oxygen atoms in total. The number of rotatable bonds is 4. The van der Waals surface area contributed by atoms with Crippen LogP contribution in [0.5, 0.6) is 0 Å². The summed E-state index contributed by atoms with van der Waals surface area (Å²) in [6.07, 6.45) is 0.729. The average molecular weight is 343 g/mol. The molecule has 0 unspecified atom stereocenters. The van der Waals surface area contributed by atoms with Crippen molar-refractivity contribution < 1.29 is 0 Å². The number of aromatic nitrogens is 3. The van der Waals surface area contributed by atoms with Gasteiger partial charge in [0, 0.05) is 23.0 Å². The van der Waals surface area contributed by atoms with Crippen molar-refractivity contribution >= 4 is 15.9 Å². The Morgan fingerprint density at radius 2 is 1.86 bits per heavy atom. The van der Waals surface area contributed by atoms with E-state index < -0.39 is 0 Å². The Hall–Kier alpha value is -1.98. The highest BCUT2D eigenvalue weighted by Gasteiger charge is 2.07. The number of nitrogens with two attached hydrogens (primary N) is 1. The highest BCUT2D eigenvalue weighted by molar-refractivity contribution is 9.10. The predicted octanol–water partition coefficient (Wildman–Crippen LogP) is 3.28. The Balaban J connectivity index is 1.79. The molecule has 0 saturated carbocycles. The van der Waals surface area contributed by atoms with E-state index in [1.165, 1.54) is 5.56 Å². The van der Waals surface area contributed by atoms with E-state index in [0.717, 1.165) is 27.8 Å². The molecule has 1 aromatic heterocycles. The fourth-order valence-electron chi connectivity index (χ4n) is 2.13. The summed E-state index contributed by atoms with van der Waals surface area (Å²) in [7, 11) is 0. The number of aromatic amines is 1. The highest BCUT2D eigenvalue weighted by atomic mass is 79.9. The van der Waals surface area contributed by atoms with Crippen LogP contribution in [-0.2, 0) is 13.0 Å². The maximum absolute atomic E-state index is 5.60. The second-order valence-corrected chi connectivity index (χ2v) is 5.73. The molecule has 3 aromatic rings. The number of benzene rings is 2. The van der Waals surface area contributed by atoms with Crippen LogP contribution in [0.15, 0.2) is 53.0 Å². The number of halogens is 1. The van der Waals surface area contributed by atoms with Gasteiger partial charge in [0.15, 0.2) is 5.82 Å². The molecule has 5 heteroatoms. The number of nitrogens with one attached hydrogen (secondary N) is 1. The minimum absolute atomic E-state index is 0.544. The molecule has 0 aliphatic rings. The van der Waals surface area contributed by atoms with Crippen LogP contribution in [0.1, 0.15) is 17.0 Å². The molecule has 0 aliphatic carbocycles. The van der Waals surface area contributed by atoms with Crippen molar-refractivity contribution in [1.29, 1.82) is 0 Å². The lowest BCUT2D eigenvalue weighted by Crippen LogP contribution is -1.95. The molecule has 0 bridgehead atoms. The number of hydrogen-bond donors (Lipinski definition) is 2. The van der Waals surface area contributed by atoms with Gasteiger partial charge < -0.3 is 5.73 Å². The van der Waals surface area contributed by atoms with Crippen LogP contribution in [0.3, 0.4) is 0 Å². The topological polar surface area (TPSA) is 67.6 Å². The first-order valence-electron chi connectivity index (χ1n) is 6.70. The normalized spacial score (nSPS) is 10.8. The number of nitrogens with zero attached hydrogens (tertiary/aromatic N) is 2. The van der Waals surface area contributed by atoms with E-state index in [4.69, 9.17) is 5.73 Å². The Morgan fingerprint density at radius 1 is 1.05 bits per heavy atom. The standard InChI is InChI=1S/C16H15BrN4/c17-14-3-1-2-12(8-14)9-15-19-16(21-20-15)13-6-4-11(10-18)5-7-13/h1-8H,9-10,18H2,(H,19,20,21). The second-order valence-electron chi connectivity index (χ2n) is 4.81. The summed E-state index contributed by atoms with van der Waals surface area (Å²) in [6, 6.07) is 16.2. The molecule has 0 spiro atoms. The molecule has 0 aliphatic heterocycles. The lowest BCUT2D eigenvalue weighted by Gasteiger charge is -1.99. The van der Waals surface area contributed by atoms with Gasteiger partial charge in [0.05, 0.1) is 0 Å². The van der Waals surface area contributed by atoms with E-state index in [0.29, 0.717) is 12.4 Å². The van der Waals surface area contributed by atoms with Gasteiger partial charge in [-0.1, -0.05) is 52.3 Å². The van der Waals surface area contributed by atoms with E-state index >= 15 is 0 Å². The monoisotopic (exact) mass is 342 g/mol. The van der Waals surface area contributed by atoms with E-state index in [1.807, 2.05) is 36.4 Å². The molecule has 0 amide bonds. The van der Waals surface area contributed by atoms with E-state index in [2.05, 4.69) is 43.2 Å².